The van der Waals surface area contributed by atoms with E-state index in [2.05, 4.69) is 26.6 Å². The number of hydrogen-bond donors (Lipinski definition) is 2. The van der Waals surface area contributed by atoms with Crippen LogP contribution >= 0.6 is 28.3 Å². The molecule has 1 amide bonds. The number of carbonyl (C=O) groups excluding carboxylic acids is 1. The molecule has 23 heavy (non-hydrogen) atoms. The number of carbonyl (C=O) groups is 1. The first-order chi connectivity index (χ1) is 10.4. The lowest BCUT2D eigenvalue weighted by molar-refractivity contribution is -0.118. The number of benzene rings is 1. The van der Waals surface area contributed by atoms with Gasteiger partial charge in [0.25, 0.3) is 5.91 Å². The Morgan fingerprint density at radius 3 is 2.83 bits per heavy atom. The van der Waals surface area contributed by atoms with Gasteiger partial charge in [0, 0.05) is 36.2 Å². The maximum absolute atomic E-state index is 12.8. The van der Waals surface area contributed by atoms with Gasteiger partial charge >= 0.3 is 0 Å². The molecular formula is C13H17BrClN3O4S. The van der Waals surface area contributed by atoms with Crippen molar-refractivity contribution in [2.45, 2.75) is 17.9 Å². The van der Waals surface area contributed by atoms with Crippen LogP contribution in [0.1, 0.15) is 6.92 Å². The molecule has 7 nitrogen and oxygen atoms in total. The molecule has 1 aromatic carbocycles. The standard InChI is InChI=1S/C13H16BrN3O4S.ClH/c1-8-6-17(3-2-15-8)22(19,20)12-5-11-10(4-9(12)14)16-13(18)7-21-11;/h4-5,8,15H,2-3,6-7H2,1H3,(H,16,18);1H. The molecule has 1 unspecified atom stereocenters. The number of piperazine rings is 1. The Hall–Kier alpha value is -0.870. The van der Waals surface area contributed by atoms with Crippen LogP contribution in [0.25, 0.3) is 0 Å². The number of nitrogens with one attached hydrogen (secondary N) is 2. The van der Waals surface area contributed by atoms with Gasteiger partial charge in [-0.05, 0) is 28.9 Å². The highest BCUT2D eigenvalue weighted by Gasteiger charge is 2.31. The van der Waals surface area contributed by atoms with E-state index in [4.69, 9.17) is 4.74 Å². The lowest BCUT2D eigenvalue weighted by Crippen LogP contribution is -2.51. The van der Waals surface area contributed by atoms with E-state index >= 15 is 0 Å². The Morgan fingerprint density at radius 2 is 2.13 bits per heavy atom. The van der Waals surface area contributed by atoms with Gasteiger partial charge in [0.15, 0.2) is 6.61 Å². The summed E-state index contributed by atoms with van der Waals surface area (Å²) in [6.45, 7) is 3.30. The molecule has 0 radical (unpaired) electrons. The summed E-state index contributed by atoms with van der Waals surface area (Å²) in [7, 11) is -3.62. The van der Waals surface area contributed by atoms with Crippen molar-refractivity contribution < 1.29 is 17.9 Å². The molecule has 0 bridgehead atoms. The SMILES string of the molecule is CC1CN(S(=O)(=O)c2cc3c(cc2Br)NC(=O)CO3)CCN1.Cl. The van der Waals surface area contributed by atoms with Crippen LogP contribution in [-0.4, -0.2) is 50.9 Å². The molecule has 10 heteroatoms. The molecule has 0 spiro atoms. The van der Waals surface area contributed by atoms with E-state index in [-0.39, 0.29) is 35.9 Å². The van der Waals surface area contributed by atoms with Gasteiger partial charge in [-0.3, -0.25) is 4.79 Å². The molecule has 1 atom stereocenters. The molecule has 128 valence electrons. The Labute approximate surface area is 149 Å². The molecule has 2 N–H and O–H groups in total. The topological polar surface area (TPSA) is 87.7 Å². The highest BCUT2D eigenvalue weighted by molar-refractivity contribution is 9.10. The highest BCUT2D eigenvalue weighted by atomic mass is 79.9. The first-order valence-corrected chi connectivity index (χ1v) is 9.11. The molecule has 0 aromatic heterocycles. The third kappa shape index (κ3) is 3.63. The van der Waals surface area contributed by atoms with Crippen LogP contribution in [0.2, 0.25) is 0 Å². The zero-order valence-corrected chi connectivity index (χ0v) is 15.6. The van der Waals surface area contributed by atoms with E-state index in [1.165, 1.54) is 10.4 Å². The lowest BCUT2D eigenvalue weighted by Gasteiger charge is -2.31. The van der Waals surface area contributed by atoms with Crippen molar-refractivity contribution in [3.63, 3.8) is 0 Å². The van der Waals surface area contributed by atoms with Crippen LogP contribution in [0.5, 0.6) is 5.75 Å². The van der Waals surface area contributed by atoms with Crippen molar-refractivity contribution in [3.05, 3.63) is 16.6 Å². The summed E-state index contributed by atoms with van der Waals surface area (Å²) in [6, 6.07) is 3.13. The molecule has 2 heterocycles. The van der Waals surface area contributed by atoms with Gasteiger partial charge < -0.3 is 15.4 Å². The molecule has 2 aliphatic heterocycles. The third-order valence-corrected chi connectivity index (χ3v) is 6.44. The number of hydrogen-bond acceptors (Lipinski definition) is 5. The second kappa shape index (κ2) is 6.94. The zero-order valence-electron chi connectivity index (χ0n) is 12.3. The highest BCUT2D eigenvalue weighted by Crippen LogP contribution is 2.37. The summed E-state index contributed by atoms with van der Waals surface area (Å²) in [4.78, 5) is 11.5. The fourth-order valence-electron chi connectivity index (χ4n) is 2.53. The van der Waals surface area contributed by atoms with Gasteiger partial charge in [-0.25, -0.2) is 8.42 Å². The summed E-state index contributed by atoms with van der Waals surface area (Å²) < 4.78 is 32.8. The molecule has 2 aliphatic rings. The predicted octanol–water partition coefficient (Wildman–Crippen LogP) is 1.18. The largest absolute Gasteiger partial charge is 0.482 e. The van der Waals surface area contributed by atoms with Crippen LogP contribution in [0.3, 0.4) is 0 Å². The molecule has 1 aromatic rings. The van der Waals surface area contributed by atoms with Crippen LogP contribution in [0, 0.1) is 0 Å². The van der Waals surface area contributed by atoms with Gasteiger partial charge in [-0.1, -0.05) is 0 Å². The Bertz CT molecular complexity index is 728. The molecular weight excluding hydrogens is 410 g/mol. The second-order valence-corrected chi connectivity index (χ2v) is 8.09. The Morgan fingerprint density at radius 1 is 1.39 bits per heavy atom. The van der Waals surface area contributed by atoms with Crippen molar-refractivity contribution >= 4 is 50.0 Å². The van der Waals surface area contributed by atoms with Gasteiger partial charge in [-0.15, -0.1) is 12.4 Å². The van der Waals surface area contributed by atoms with Gasteiger partial charge in [-0.2, -0.15) is 4.31 Å². The summed E-state index contributed by atoms with van der Waals surface area (Å²) in [5, 5.41) is 5.87. The molecule has 3 rings (SSSR count). The number of fused-ring (bicyclic) bond motifs is 1. The molecule has 1 saturated heterocycles. The van der Waals surface area contributed by atoms with E-state index in [0.717, 1.165) is 0 Å². The Kier molecular flexibility index (Phi) is 5.57. The van der Waals surface area contributed by atoms with Crippen molar-refractivity contribution in [2.75, 3.05) is 31.6 Å². The van der Waals surface area contributed by atoms with Gasteiger partial charge in [0.05, 0.1) is 5.69 Å². The quantitative estimate of drug-likeness (QED) is 0.741. The lowest BCUT2D eigenvalue weighted by atomic mass is 10.2. The maximum atomic E-state index is 12.8. The minimum atomic E-state index is -3.62. The summed E-state index contributed by atoms with van der Waals surface area (Å²) in [5.74, 6) is 0.107. The minimum absolute atomic E-state index is 0. The number of rotatable bonds is 2. The predicted molar refractivity (Wildman–Crippen MR) is 91.7 cm³/mol. The van der Waals surface area contributed by atoms with Crippen LogP contribution < -0.4 is 15.4 Å². The second-order valence-electron chi connectivity index (χ2n) is 5.33. The number of sulfonamides is 1. The number of halogens is 2. The van der Waals surface area contributed by atoms with Gasteiger partial charge in [0.1, 0.15) is 10.6 Å². The van der Waals surface area contributed by atoms with Crippen molar-refractivity contribution in [2.24, 2.45) is 0 Å². The normalized spacial score (nSPS) is 21.7. The van der Waals surface area contributed by atoms with Gasteiger partial charge in [0.2, 0.25) is 10.0 Å². The molecule has 1 fully saturated rings. The first-order valence-electron chi connectivity index (χ1n) is 6.87. The number of amides is 1. The molecule has 0 aliphatic carbocycles. The fraction of sp³-hybridized carbons (Fsp3) is 0.462. The van der Waals surface area contributed by atoms with E-state index in [0.29, 0.717) is 35.5 Å². The van der Waals surface area contributed by atoms with E-state index in [9.17, 15) is 13.2 Å². The fourth-order valence-corrected chi connectivity index (χ4v) is 5.08. The average molecular weight is 427 g/mol. The monoisotopic (exact) mass is 425 g/mol. The van der Waals surface area contributed by atoms with Crippen molar-refractivity contribution in [1.29, 1.82) is 0 Å². The van der Waals surface area contributed by atoms with Crippen LogP contribution in [0.15, 0.2) is 21.5 Å². The third-order valence-electron chi connectivity index (χ3n) is 3.62. The van der Waals surface area contributed by atoms with Crippen molar-refractivity contribution in [3.8, 4) is 5.75 Å². The summed E-state index contributed by atoms with van der Waals surface area (Å²) in [5.41, 5.74) is 0.468. The van der Waals surface area contributed by atoms with E-state index < -0.39 is 10.0 Å². The van der Waals surface area contributed by atoms with Crippen LogP contribution in [-0.2, 0) is 14.8 Å². The van der Waals surface area contributed by atoms with Crippen LogP contribution in [0.4, 0.5) is 5.69 Å². The number of ether oxygens (including phenoxy) is 1. The number of nitrogens with zero attached hydrogens (tertiary/aromatic N) is 1. The average Bonchev–Trinajstić information content (AvgIpc) is 2.46. The van der Waals surface area contributed by atoms with E-state index in [1.54, 1.807) is 6.07 Å². The number of anilines is 1. The smallest absolute Gasteiger partial charge is 0.262 e. The minimum Gasteiger partial charge on any atom is -0.482 e. The zero-order chi connectivity index (χ0) is 15.9. The van der Waals surface area contributed by atoms with Crippen molar-refractivity contribution in [1.82, 2.24) is 9.62 Å². The maximum Gasteiger partial charge on any atom is 0.262 e. The Balaban J connectivity index is 0.00000192. The first kappa shape index (κ1) is 18.5. The van der Waals surface area contributed by atoms with E-state index in [1.807, 2.05) is 6.92 Å². The molecule has 0 saturated carbocycles. The summed E-state index contributed by atoms with van der Waals surface area (Å²) in [6.07, 6.45) is 0. The summed E-state index contributed by atoms with van der Waals surface area (Å²) >= 11 is 3.28.